The van der Waals surface area contributed by atoms with Gasteiger partial charge < -0.3 is 9.72 Å². The standard InChI is InChI=1S/C12H18N2O2/c1-3-8(4-2)11-13-10-5-6-16-7-9(10)12(15)14-11/h8H,3-7H2,1-2H3,(H,13,14,15). The fourth-order valence-corrected chi connectivity index (χ4v) is 2.13. The van der Waals surface area contributed by atoms with Crippen LogP contribution in [0, 0.1) is 0 Å². The highest BCUT2D eigenvalue weighted by atomic mass is 16.5. The molecule has 0 saturated heterocycles. The zero-order chi connectivity index (χ0) is 11.5. The molecule has 0 amide bonds. The molecule has 0 atom stereocenters. The van der Waals surface area contributed by atoms with E-state index in [1.165, 1.54) is 0 Å². The number of hydrogen-bond acceptors (Lipinski definition) is 3. The first-order valence-electron chi connectivity index (χ1n) is 5.96. The molecule has 0 radical (unpaired) electrons. The molecule has 4 heteroatoms. The van der Waals surface area contributed by atoms with E-state index < -0.39 is 0 Å². The zero-order valence-electron chi connectivity index (χ0n) is 9.88. The molecule has 0 aliphatic carbocycles. The Balaban J connectivity index is 2.42. The molecular formula is C12H18N2O2. The number of rotatable bonds is 3. The minimum atomic E-state index is -0.0217. The van der Waals surface area contributed by atoms with E-state index in [9.17, 15) is 4.79 Å². The van der Waals surface area contributed by atoms with E-state index >= 15 is 0 Å². The van der Waals surface area contributed by atoms with E-state index in [0.29, 0.717) is 24.7 Å². The average Bonchev–Trinajstić information content (AvgIpc) is 2.31. The molecule has 88 valence electrons. The van der Waals surface area contributed by atoms with E-state index in [-0.39, 0.29) is 5.56 Å². The van der Waals surface area contributed by atoms with Crippen molar-refractivity contribution in [2.75, 3.05) is 6.61 Å². The van der Waals surface area contributed by atoms with Crippen LogP contribution in [-0.4, -0.2) is 16.6 Å². The number of fused-ring (bicyclic) bond motifs is 1. The first kappa shape index (κ1) is 11.3. The molecule has 0 spiro atoms. The number of nitrogens with zero attached hydrogens (tertiary/aromatic N) is 1. The lowest BCUT2D eigenvalue weighted by atomic mass is 10.0. The van der Waals surface area contributed by atoms with Gasteiger partial charge in [0.05, 0.1) is 24.5 Å². The van der Waals surface area contributed by atoms with Crippen molar-refractivity contribution in [3.8, 4) is 0 Å². The van der Waals surface area contributed by atoms with Gasteiger partial charge in [-0.05, 0) is 12.8 Å². The van der Waals surface area contributed by atoms with Crippen LogP contribution in [0.2, 0.25) is 0 Å². The van der Waals surface area contributed by atoms with Crippen LogP contribution in [0.25, 0.3) is 0 Å². The van der Waals surface area contributed by atoms with Crippen LogP contribution in [0.3, 0.4) is 0 Å². The smallest absolute Gasteiger partial charge is 0.256 e. The Hall–Kier alpha value is -1.16. The molecule has 2 heterocycles. The van der Waals surface area contributed by atoms with Gasteiger partial charge in [-0.3, -0.25) is 4.79 Å². The second kappa shape index (κ2) is 4.78. The third-order valence-corrected chi connectivity index (χ3v) is 3.22. The molecule has 16 heavy (non-hydrogen) atoms. The van der Waals surface area contributed by atoms with Crippen molar-refractivity contribution < 1.29 is 4.74 Å². The second-order valence-corrected chi connectivity index (χ2v) is 4.19. The molecular weight excluding hydrogens is 204 g/mol. The fourth-order valence-electron chi connectivity index (χ4n) is 2.13. The van der Waals surface area contributed by atoms with Gasteiger partial charge in [0.25, 0.3) is 5.56 Å². The molecule has 0 fully saturated rings. The summed E-state index contributed by atoms with van der Waals surface area (Å²) in [6.45, 7) is 5.32. The van der Waals surface area contributed by atoms with Crippen molar-refractivity contribution in [2.24, 2.45) is 0 Å². The van der Waals surface area contributed by atoms with E-state index in [0.717, 1.165) is 30.8 Å². The van der Waals surface area contributed by atoms with Crippen LogP contribution in [0.5, 0.6) is 0 Å². The summed E-state index contributed by atoms with van der Waals surface area (Å²) >= 11 is 0. The zero-order valence-corrected chi connectivity index (χ0v) is 9.88. The number of aromatic amines is 1. The number of H-pyrrole nitrogens is 1. The third-order valence-electron chi connectivity index (χ3n) is 3.22. The molecule has 0 aromatic carbocycles. The lowest BCUT2D eigenvalue weighted by molar-refractivity contribution is 0.107. The predicted molar refractivity (Wildman–Crippen MR) is 61.5 cm³/mol. The quantitative estimate of drug-likeness (QED) is 0.847. The van der Waals surface area contributed by atoms with Gasteiger partial charge in [-0.25, -0.2) is 4.98 Å². The molecule has 0 saturated carbocycles. The van der Waals surface area contributed by atoms with Crippen LogP contribution < -0.4 is 5.56 Å². The summed E-state index contributed by atoms with van der Waals surface area (Å²) in [5.74, 6) is 1.21. The van der Waals surface area contributed by atoms with E-state index in [2.05, 4.69) is 23.8 Å². The fraction of sp³-hybridized carbons (Fsp3) is 0.667. The minimum Gasteiger partial charge on any atom is -0.376 e. The number of aromatic nitrogens is 2. The summed E-state index contributed by atoms with van der Waals surface area (Å²) in [5.41, 5.74) is 1.62. The van der Waals surface area contributed by atoms with Crippen molar-refractivity contribution in [3.63, 3.8) is 0 Å². The maximum Gasteiger partial charge on any atom is 0.256 e. The van der Waals surface area contributed by atoms with Gasteiger partial charge >= 0.3 is 0 Å². The van der Waals surface area contributed by atoms with Crippen LogP contribution in [0.1, 0.15) is 49.7 Å². The monoisotopic (exact) mass is 222 g/mol. The third kappa shape index (κ3) is 2.02. The normalized spacial score (nSPS) is 15.2. The van der Waals surface area contributed by atoms with Crippen molar-refractivity contribution in [2.45, 2.75) is 45.6 Å². The van der Waals surface area contributed by atoms with Gasteiger partial charge in [0.2, 0.25) is 0 Å². The molecule has 1 aromatic heterocycles. The number of ether oxygens (including phenoxy) is 1. The van der Waals surface area contributed by atoms with Crippen LogP contribution in [0.15, 0.2) is 4.79 Å². The van der Waals surface area contributed by atoms with Gasteiger partial charge in [-0.1, -0.05) is 13.8 Å². The Kier molecular flexibility index (Phi) is 3.39. The van der Waals surface area contributed by atoms with Gasteiger partial charge in [-0.2, -0.15) is 0 Å². The van der Waals surface area contributed by atoms with Gasteiger partial charge in [0, 0.05) is 12.3 Å². The largest absolute Gasteiger partial charge is 0.376 e. The first-order valence-corrected chi connectivity index (χ1v) is 5.96. The molecule has 2 rings (SSSR count). The first-order chi connectivity index (χ1) is 7.76. The summed E-state index contributed by atoms with van der Waals surface area (Å²) in [5, 5.41) is 0. The Labute approximate surface area is 95.1 Å². The highest BCUT2D eigenvalue weighted by molar-refractivity contribution is 5.20. The molecule has 4 nitrogen and oxygen atoms in total. The Morgan fingerprint density at radius 2 is 2.19 bits per heavy atom. The second-order valence-electron chi connectivity index (χ2n) is 4.19. The number of nitrogens with one attached hydrogen (secondary N) is 1. The highest BCUT2D eigenvalue weighted by Gasteiger charge is 2.18. The maximum absolute atomic E-state index is 11.8. The Bertz CT molecular complexity index is 422. The summed E-state index contributed by atoms with van der Waals surface area (Å²) in [6.07, 6.45) is 2.77. The van der Waals surface area contributed by atoms with Crippen molar-refractivity contribution in [3.05, 3.63) is 27.4 Å². The molecule has 1 aliphatic heterocycles. The Morgan fingerprint density at radius 3 is 2.88 bits per heavy atom. The molecule has 0 bridgehead atoms. The Morgan fingerprint density at radius 1 is 1.44 bits per heavy atom. The molecule has 1 N–H and O–H groups in total. The van der Waals surface area contributed by atoms with E-state index in [1.54, 1.807) is 0 Å². The van der Waals surface area contributed by atoms with Crippen molar-refractivity contribution >= 4 is 0 Å². The molecule has 0 unspecified atom stereocenters. The molecule has 1 aromatic rings. The topological polar surface area (TPSA) is 55.0 Å². The van der Waals surface area contributed by atoms with Gasteiger partial charge in [-0.15, -0.1) is 0 Å². The SMILES string of the molecule is CCC(CC)c1nc2c(c(=O)[nH]1)COCC2. The maximum atomic E-state index is 11.8. The molecule has 1 aliphatic rings. The van der Waals surface area contributed by atoms with Crippen LogP contribution in [0.4, 0.5) is 0 Å². The highest BCUT2D eigenvalue weighted by Crippen LogP contribution is 2.20. The van der Waals surface area contributed by atoms with E-state index in [4.69, 9.17) is 4.74 Å². The summed E-state index contributed by atoms with van der Waals surface area (Å²) in [7, 11) is 0. The predicted octanol–water partition coefficient (Wildman–Crippen LogP) is 1.75. The van der Waals surface area contributed by atoms with E-state index in [1.807, 2.05) is 0 Å². The summed E-state index contributed by atoms with van der Waals surface area (Å²) < 4.78 is 5.27. The lowest BCUT2D eigenvalue weighted by Crippen LogP contribution is -2.26. The summed E-state index contributed by atoms with van der Waals surface area (Å²) in [4.78, 5) is 19.3. The van der Waals surface area contributed by atoms with Gasteiger partial charge in [0.15, 0.2) is 0 Å². The van der Waals surface area contributed by atoms with Gasteiger partial charge in [0.1, 0.15) is 5.82 Å². The minimum absolute atomic E-state index is 0.0217. The van der Waals surface area contributed by atoms with Crippen molar-refractivity contribution in [1.82, 2.24) is 9.97 Å². The number of hydrogen-bond donors (Lipinski definition) is 1. The van der Waals surface area contributed by atoms with Crippen LogP contribution >= 0.6 is 0 Å². The summed E-state index contributed by atoms with van der Waals surface area (Å²) in [6, 6.07) is 0. The van der Waals surface area contributed by atoms with Crippen LogP contribution in [-0.2, 0) is 17.8 Å². The average molecular weight is 222 g/mol. The van der Waals surface area contributed by atoms with Crippen molar-refractivity contribution in [1.29, 1.82) is 0 Å². The lowest BCUT2D eigenvalue weighted by Gasteiger charge is -2.18.